The molecule has 2 atom stereocenters. The number of piperazine rings is 1. The molecule has 3 aliphatic heterocycles. The highest BCUT2D eigenvalue weighted by atomic mass is 16.3. The Labute approximate surface area is 149 Å². The van der Waals surface area contributed by atoms with E-state index in [0.717, 1.165) is 38.5 Å². The molecule has 2 amide bonds. The zero-order chi connectivity index (χ0) is 17.6. The summed E-state index contributed by atoms with van der Waals surface area (Å²) in [6.07, 6.45) is 3.58. The zero-order valence-corrected chi connectivity index (χ0v) is 15.1. The Hall–Kier alpha value is -1.18. The van der Waals surface area contributed by atoms with E-state index < -0.39 is 0 Å². The van der Waals surface area contributed by atoms with Crippen molar-refractivity contribution < 1.29 is 14.7 Å². The molecule has 1 aliphatic carbocycles. The third kappa shape index (κ3) is 3.55. The van der Waals surface area contributed by atoms with Crippen molar-refractivity contribution in [2.45, 2.75) is 50.3 Å². The molecule has 0 aromatic heterocycles. The molecule has 3 heterocycles. The molecule has 0 radical (unpaired) electrons. The Morgan fingerprint density at radius 3 is 2.64 bits per heavy atom. The summed E-state index contributed by atoms with van der Waals surface area (Å²) < 4.78 is 0. The number of β-amino-alcohol motifs (C(OH)–C–C–N with tert-alkyl or cyclic N) is 1. The summed E-state index contributed by atoms with van der Waals surface area (Å²) in [5, 5.41) is 12.9. The topological polar surface area (TPSA) is 76.1 Å². The number of likely N-dealkylation sites (tertiary alicyclic amines) is 1. The lowest BCUT2D eigenvalue weighted by atomic mass is 9.83. The maximum Gasteiger partial charge on any atom is 0.224 e. The van der Waals surface area contributed by atoms with Crippen LogP contribution in [-0.4, -0.2) is 95.1 Å². The highest BCUT2D eigenvalue weighted by molar-refractivity contribution is 5.78. The third-order valence-electron chi connectivity index (χ3n) is 6.23. The van der Waals surface area contributed by atoms with Crippen LogP contribution in [0.25, 0.3) is 0 Å². The second-order valence-electron chi connectivity index (χ2n) is 8.54. The first-order chi connectivity index (χ1) is 11.9. The van der Waals surface area contributed by atoms with Gasteiger partial charge in [-0.25, -0.2) is 0 Å². The van der Waals surface area contributed by atoms with Crippen LogP contribution in [0, 0.1) is 5.92 Å². The molecule has 0 bridgehead atoms. The first-order valence-electron chi connectivity index (χ1n) is 9.64. The Bertz CT molecular complexity index is 544. The first kappa shape index (κ1) is 17.2. The smallest absolute Gasteiger partial charge is 0.224 e. The number of hydrogen-bond acceptors (Lipinski definition) is 5. The first-order valence-corrected chi connectivity index (χ1v) is 9.64. The fourth-order valence-corrected chi connectivity index (χ4v) is 4.97. The fourth-order valence-electron chi connectivity index (χ4n) is 4.97. The summed E-state index contributed by atoms with van der Waals surface area (Å²) in [7, 11) is 0. The number of rotatable bonds is 5. The van der Waals surface area contributed by atoms with E-state index in [4.69, 9.17) is 0 Å². The van der Waals surface area contributed by atoms with Gasteiger partial charge >= 0.3 is 0 Å². The van der Waals surface area contributed by atoms with Crippen LogP contribution in [0.3, 0.4) is 0 Å². The second kappa shape index (κ2) is 6.52. The van der Waals surface area contributed by atoms with Gasteiger partial charge in [0.1, 0.15) is 0 Å². The SMILES string of the molecule is CC(=O)NCCC(=O)N1C[C@@H]2C[C@@H](O)CN2C2(CN(CC3CC3)C2)C1. The van der Waals surface area contributed by atoms with Gasteiger partial charge in [0.15, 0.2) is 0 Å². The van der Waals surface area contributed by atoms with Crippen LogP contribution < -0.4 is 5.32 Å². The fraction of sp³-hybridized carbons (Fsp3) is 0.889. The maximum atomic E-state index is 12.6. The number of aliphatic hydroxyl groups is 1. The molecule has 1 saturated carbocycles. The Morgan fingerprint density at radius 1 is 1.20 bits per heavy atom. The van der Waals surface area contributed by atoms with Crippen LogP contribution in [0.2, 0.25) is 0 Å². The van der Waals surface area contributed by atoms with Gasteiger partial charge in [0.2, 0.25) is 11.8 Å². The van der Waals surface area contributed by atoms with Crippen LogP contribution in [0.15, 0.2) is 0 Å². The van der Waals surface area contributed by atoms with Crippen molar-refractivity contribution >= 4 is 11.8 Å². The van der Waals surface area contributed by atoms with Crippen LogP contribution in [-0.2, 0) is 9.59 Å². The van der Waals surface area contributed by atoms with E-state index in [1.807, 2.05) is 4.90 Å². The standard InChI is InChI=1S/C18H30N4O3/c1-13(23)19-5-4-17(25)21-8-15-6-16(24)9-22(15)18(12-21)10-20(11-18)7-14-2-3-14/h14-16,24H,2-12H2,1H3,(H,19,23)/t15-,16+/m0/s1. The quantitative estimate of drug-likeness (QED) is 0.683. The molecule has 140 valence electrons. The number of nitrogens with one attached hydrogen (secondary N) is 1. The highest BCUT2D eigenvalue weighted by Gasteiger charge is 2.56. The van der Waals surface area contributed by atoms with Gasteiger partial charge in [0, 0.05) is 65.2 Å². The van der Waals surface area contributed by atoms with Gasteiger partial charge < -0.3 is 15.3 Å². The summed E-state index contributed by atoms with van der Waals surface area (Å²) in [6.45, 7) is 7.32. The highest BCUT2D eigenvalue weighted by Crippen LogP contribution is 2.41. The third-order valence-corrected chi connectivity index (χ3v) is 6.23. The molecule has 7 heteroatoms. The van der Waals surface area contributed by atoms with Crippen molar-refractivity contribution in [3.63, 3.8) is 0 Å². The van der Waals surface area contributed by atoms with Crippen molar-refractivity contribution in [1.82, 2.24) is 20.0 Å². The second-order valence-corrected chi connectivity index (χ2v) is 8.54. The number of aliphatic hydroxyl groups excluding tert-OH is 1. The van der Waals surface area contributed by atoms with Gasteiger partial charge in [0.05, 0.1) is 11.6 Å². The molecule has 4 aliphatic rings. The lowest BCUT2D eigenvalue weighted by molar-refractivity contribution is -0.150. The summed E-state index contributed by atoms with van der Waals surface area (Å²) in [5.41, 5.74) is 0.0267. The van der Waals surface area contributed by atoms with E-state index >= 15 is 0 Å². The van der Waals surface area contributed by atoms with E-state index in [0.29, 0.717) is 19.5 Å². The minimum absolute atomic E-state index is 0.0267. The monoisotopic (exact) mass is 350 g/mol. The normalized spacial score (nSPS) is 31.7. The zero-order valence-electron chi connectivity index (χ0n) is 15.1. The number of carbonyl (C=O) groups excluding carboxylic acids is 2. The Morgan fingerprint density at radius 2 is 1.96 bits per heavy atom. The molecule has 1 spiro atoms. The van der Waals surface area contributed by atoms with Crippen molar-refractivity contribution in [1.29, 1.82) is 0 Å². The molecule has 25 heavy (non-hydrogen) atoms. The Kier molecular flexibility index (Phi) is 4.50. The largest absolute Gasteiger partial charge is 0.392 e. The van der Waals surface area contributed by atoms with Gasteiger partial charge in [-0.1, -0.05) is 0 Å². The van der Waals surface area contributed by atoms with Gasteiger partial charge in [-0.15, -0.1) is 0 Å². The van der Waals surface area contributed by atoms with Crippen LogP contribution in [0.4, 0.5) is 0 Å². The molecular formula is C18H30N4O3. The molecule has 0 unspecified atom stereocenters. The molecule has 4 fully saturated rings. The molecule has 2 N–H and O–H groups in total. The van der Waals surface area contributed by atoms with E-state index in [1.54, 1.807) is 0 Å². The summed E-state index contributed by atoms with van der Waals surface area (Å²) in [6, 6.07) is 0.275. The molecule has 0 aromatic rings. The molecule has 4 rings (SSSR count). The average molecular weight is 350 g/mol. The summed E-state index contributed by atoms with van der Waals surface area (Å²) in [5.74, 6) is 0.911. The molecular weight excluding hydrogens is 320 g/mol. The number of hydrogen-bond donors (Lipinski definition) is 2. The van der Waals surface area contributed by atoms with Gasteiger partial charge in [-0.3, -0.25) is 19.4 Å². The lowest BCUT2D eigenvalue weighted by Crippen LogP contribution is -2.78. The van der Waals surface area contributed by atoms with E-state index in [1.165, 1.54) is 26.3 Å². The van der Waals surface area contributed by atoms with E-state index in [9.17, 15) is 14.7 Å². The van der Waals surface area contributed by atoms with Crippen molar-refractivity contribution in [2.75, 3.05) is 45.8 Å². The van der Waals surface area contributed by atoms with Crippen LogP contribution >= 0.6 is 0 Å². The number of carbonyl (C=O) groups is 2. The van der Waals surface area contributed by atoms with Crippen molar-refractivity contribution in [3.8, 4) is 0 Å². The molecule has 7 nitrogen and oxygen atoms in total. The number of fused-ring (bicyclic) bond motifs is 2. The lowest BCUT2D eigenvalue weighted by Gasteiger charge is -2.61. The molecule has 3 saturated heterocycles. The maximum absolute atomic E-state index is 12.6. The van der Waals surface area contributed by atoms with Gasteiger partial charge in [-0.2, -0.15) is 0 Å². The number of amides is 2. The summed E-state index contributed by atoms with van der Waals surface area (Å²) in [4.78, 5) is 30.6. The Balaban J connectivity index is 1.39. The van der Waals surface area contributed by atoms with Gasteiger partial charge in [-0.05, 0) is 25.2 Å². The van der Waals surface area contributed by atoms with E-state index in [-0.39, 0.29) is 29.5 Å². The number of nitrogens with zero attached hydrogens (tertiary/aromatic N) is 3. The minimum atomic E-state index is -0.270. The van der Waals surface area contributed by atoms with Gasteiger partial charge in [0.25, 0.3) is 0 Å². The average Bonchev–Trinajstić information content (AvgIpc) is 3.24. The predicted octanol–water partition coefficient (Wildman–Crippen LogP) is -0.746. The predicted molar refractivity (Wildman–Crippen MR) is 92.9 cm³/mol. The minimum Gasteiger partial charge on any atom is -0.392 e. The van der Waals surface area contributed by atoms with Crippen molar-refractivity contribution in [2.24, 2.45) is 5.92 Å². The molecule has 0 aromatic carbocycles. The van der Waals surface area contributed by atoms with Crippen LogP contribution in [0.1, 0.15) is 32.6 Å². The van der Waals surface area contributed by atoms with Crippen LogP contribution in [0.5, 0.6) is 0 Å². The van der Waals surface area contributed by atoms with Crippen molar-refractivity contribution in [3.05, 3.63) is 0 Å². The summed E-state index contributed by atoms with van der Waals surface area (Å²) >= 11 is 0. The van der Waals surface area contributed by atoms with E-state index in [2.05, 4.69) is 15.1 Å².